The topological polar surface area (TPSA) is 102 Å². The minimum absolute atomic E-state index is 0.0413. The summed E-state index contributed by atoms with van der Waals surface area (Å²) in [6, 6.07) is 5.98. The van der Waals surface area contributed by atoms with Gasteiger partial charge in [-0.15, -0.1) is 0 Å². The number of ether oxygens (including phenoxy) is 1. The molecule has 1 atom stereocenters. The van der Waals surface area contributed by atoms with Gasteiger partial charge in [0.2, 0.25) is 10.0 Å². The van der Waals surface area contributed by atoms with E-state index in [4.69, 9.17) is 4.74 Å². The van der Waals surface area contributed by atoms with Crippen LogP contribution in [0.2, 0.25) is 0 Å². The second kappa shape index (κ2) is 7.96. The Bertz CT molecular complexity index is 670. The SMILES string of the molecule is CC(C)[C@@H](C)NC(=O)COC(=O)c1ccccc1NS(C)(=O)=O. The van der Waals surface area contributed by atoms with Gasteiger partial charge >= 0.3 is 5.97 Å². The van der Waals surface area contributed by atoms with Crippen LogP contribution in [0.15, 0.2) is 24.3 Å². The molecule has 0 aliphatic heterocycles. The van der Waals surface area contributed by atoms with E-state index in [2.05, 4.69) is 10.0 Å². The van der Waals surface area contributed by atoms with Crippen molar-refractivity contribution in [3.63, 3.8) is 0 Å². The summed E-state index contributed by atoms with van der Waals surface area (Å²) in [5.41, 5.74) is 0.151. The lowest BCUT2D eigenvalue weighted by molar-refractivity contribution is -0.125. The highest BCUT2D eigenvalue weighted by Crippen LogP contribution is 2.17. The van der Waals surface area contributed by atoms with E-state index in [0.717, 1.165) is 6.26 Å². The van der Waals surface area contributed by atoms with Crippen LogP contribution in [-0.4, -0.2) is 39.2 Å². The van der Waals surface area contributed by atoms with Crippen LogP contribution in [0.25, 0.3) is 0 Å². The van der Waals surface area contributed by atoms with Crippen molar-refractivity contribution in [2.24, 2.45) is 5.92 Å². The first-order chi connectivity index (χ1) is 10.6. The van der Waals surface area contributed by atoms with E-state index in [1.807, 2.05) is 20.8 Å². The Kier molecular flexibility index (Phi) is 6.56. The number of hydrogen-bond donors (Lipinski definition) is 2. The number of carbonyl (C=O) groups is 2. The predicted molar refractivity (Wildman–Crippen MR) is 87.6 cm³/mol. The molecule has 0 fully saturated rings. The van der Waals surface area contributed by atoms with Crippen LogP contribution in [0, 0.1) is 5.92 Å². The van der Waals surface area contributed by atoms with Crippen molar-refractivity contribution in [3.05, 3.63) is 29.8 Å². The Balaban J connectivity index is 2.70. The summed E-state index contributed by atoms with van der Waals surface area (Å²) < 4.78 is 29.8. The van der Waals surface area contributed by atoms with Crippen LogP contribution in [-0.2, 0) is 19.6 Å². The molecule has 0 saturated heterocycles. The van der Waals surface area contributed by atoms with Gasteiger partial charge in [0.1, 0.15) is 0 Å². The highest BCUT2D eigenvalue weighted by molar-refractivity contribution is 7.92. The fourth-order valence-corrected chi connectivity index (χ4v) is 2.20. The second-order valence-corrected chi connectivity index (χ2v) is 7.34. The van der Waals surface area contributed by atoms with Crippen molar-refractivity contribution in [1.82, 2.24) is 5.32 Å². The molecule has 1 aromatic carbocycles. The Morgan fingerprint density at radius 2 is 1.78 bits per heavy atom. The average molecular weight is 342 g/mol. The highest BCUT2D eigenvalue weighted by Gasteiger charge is 2.17. The fourth-order valence-electron chi connectivity index (χ4n) is 1.62. The molecule has 128 valence electrons. The van der Waals surface area contributed by atoms with Gasteiger partial charge in [-0.2, -0.15) is 0 Å². The molecule has 0 unspecified atom stereocenters. The maximum atomic E-state index is 12.0. The molecule has 0 aromatic heterocycles. The standard InChI is InChI=1S/C15H22N2O5S/c1-10(2)11(3)16-14(18)9-22-15(19)12-7-5-6-8-13(12)17-23(4,20)21/h5-8,10-11,17H,9H2,1-4H3,(H,16,18)/t11-/m1/s1. The number of benzene rings is 1. The van der Waals surface area contributed by atoms with Crippen molar-refractivity contribution >= 4 is 27.6 Å². The first-order valence-corrected chi connectivity index (χ1v) is 9.02. The first-order valence-electron chi connectivity index (χ1n) is 7.13. The molecular weight excluding hydrogens is 320 g/mol. The lowest BCUT2D eigenvalue weighted by Gasteiger charge is -2.17. The van der Waals surface area contributed by atoms with Crippen molar-refractivity contribution in [2.75, 3.05) is 17.6 Å². The van der Waals surface area contributed by atoms with Gasteiger partial charge < -0.3 is 10.1 Å². The van der Waals surface area contributed by atoms with Gasteiger partial charge in [-0.25, -0.2) is 13.2 Å². The summed E-state index contributed by atoms with van der Waals surface area (Å²) >= 11 is 0. The highest BCUT2D eigenvalue weighted by atomic mass is 32.2. The molecule has 0 radical (unpaired) electrons. The Morgan fingerprint density at radius 3 is 2.35 bits per heavy atom. The van der Waals surface area contributed by atoms with Crippen LogP contribution in [0.1, 0.15) is 31.1 Å². The maximum Gasteiger partial charge on any atom is 0.340 e. The smallest absolute Gasteiger partial charge is 0.340 e. The van der Waals surface area contributed by atoms with Gasteiger partial charge in [0.15, 0.2) is 6.61 Å². The van der Waals surface area contributed by atoms with Crippen LogP contribution >= 0.6 is 0 Å². The van der Waals surface area contributed by atoms with Crippen LogP contribution in [0.4, 0.5) is 5.69 Å². The van der Waals surface area contributed by atoms with Crippen LogP contribution < -0.4 is 10.0 Å². The maximum absolute atomic E-state index is 12.0. The largest absolute Gasteiger partial charge is 0.452 e. The third-order valence-corrected chi connectivity index (χ3v) is 3.76. The van der Waals surface area contributed by atoms with Gasteiger partial charge in [-0.05, 0) is 25.0 Å². The summed E-state index contributed by atoms with van der Waals surface area (Å²) in [7, 11) is -3.53. The predicted octanol–water partition coefficient (Wildman–Crippen LogP) is 1.38. The number of amides is 1. The molecule has 1 rings (SSSR count). The second-order valence-electron chi connectivity index (χ2n) is 5.60. The molecular formula is C15H22N2O5S. The summed E-state index contributed by atoms with van der Waals surface area (Å²) in [6.07, 6.45) is 0.982. The molecule has 0 bridgehead atoms. The Morgan fingerprint density at radius 1 is 1.17 bits per heavy atom. The van der Waals surface area contributed by atoms with Crippen molar-refractivity contribution in [2.45, 2.75) is 26.8 Å². The summed E-state index contributed by atoms with van der Waals surface area (Å²) in [5.74, 6) is -0.924. The number of nitrogens with one attached hydrogen (secondary N) is 2. The quantitative estimate of drug-likeness (QED) is 0.729. The van der Waals surface area contributed by atoms with Gasteiger partial charge in [0.25, 0.3) is 5.91 Å². The van der Waals surface area contributed by atoms with Crippen LogP contribution in [0.5, 0.6) is 0 Å². The average Bonchev–Trinajstić information content (AvgIpc) is 2.43. The van der Waals surface area contributed by atoms with Crippen LogP contribution in [0.3, 0.4) is 0 Å². The van der Waals surface area contributed by atoms with Gasteiger partial charge in [0, 0.05) is 6.04 Å². The molecule has 0 saturated carbocycles. The number of esters is 1. The number of anilines is 1. The molecule has 7 nitrogen and oxygen atoms in total. The van der Waals surface area contributed by atoms with E-state index in [1.165, 1.54) is 12.1 Å². The van der Waals surface area contributed by atoms with E-state index in [9.17, 15) is 18.0 Å². The summed E-state index contributed by atoms with van der Waals surface area (Å²) in [6.45, 7) is 5.35. The minimum atomic E-state index is -3.53. The number of carbonyl (C=O) groups excluding carboxylic acids is 2. The molecule has 2 N–H and O–H groups in total. The van der Waals surface area contributed by atoms with E-state index < -0.39 is 28.5 Å². The lowest BCUT2D eigenvalue weighted by atomic mass is 10.1. The summed E-state index contributed by atoms with van der Waals surface area (Å²) in [5, 5.41) is 2.71. The molecule has 0 aliphatic carbocycles. The number of rotatable bonds is 7. The number of hydrogen-bond acceptors (Lipinski definition) is 5. The molecule has 8 heteroatoms. The number of para-hydroxylation sites is 1. The normalized spacial score (nSPS) is 12.6. The lowest BCUT2D eigenvalue weighted by Crippen LogP contribution is -2.38. The van der Waals surface area contributed by atoms with Gasteiger partial charge in [0.05, 0.1) is 17.5 Å². The fraction of sp³-hybridized carbons (Fsp3) is 0.467. The molecule has 1 aromatic rings. The molecule has 0 aliphatic rings. The third-order valence-electron chi connectivity index (χ3n) is 3.17. The van der Waals surface area contributed by atoms with E-state index in [-0.39, 0.29) is 23.2 Å². The Labute approximate surface area is 136 Å². The van der Waals surface area contributed by atoms with Crippen molar-refractivity contribution < 1.29 is 22.7 Å². The van der Waals surface area contributed by atoms with Crippen molar-refractivity contribution in [1.29, 1.82) is 0 Å². The number of sulfonamides is 1. The molecule has 0 heterocycles. The molecule has 1 amide bonds. The molecule has 23 heavy (non-hydrogen) atoms. The summed E-state index contributed by atoms with van der Waals surface area (Å²) in [4.78, 5) is 23.7. The van der Waals surface area contributed by atoms with Gasteiger partial charge in [-0.1, -0.05) is 26.0 Å². The third kappa shape index (κ3) is 6.68. The minimum Gasteiger partial charge on any atom is -0.452 e. The van der Waals surface area contributed by atoms with Crippen molar-refractivity contribution in [3.8, 4) is 0 Å². The monoisotopic (exact) mass is 342 g/mol. The van der Waals surface area contributed by atoms with E-state index in [1.54, 1.807) is 12.1 Å². The molecule has 0 spiro atoms. The first kappa shape index (κ1) is 19.0. The van der Waals surface area contributed by atoms with E-state index in [0.29, 0.717) is 0 Å². The zero-order valence-corrected chi connectivity index (χ0v) is 14.4. The van der Waals surface area contributed by atoms with Gasteiger partial charge in [-0.3, -0.25) is 9.52 Å². The zero-order valence-electron chi connectivity index (χ0n) is 13.6. The zero-order chi connectivity index (χ0) is 17.6. The Hall–Kier alpha value is -2.09. The van der Waals surface area contributed by atoms with E-state index >= 15 is 0 Å².